The molecule has 0 spiro atoms. The van der Waals surface area contributed by atoms with Gasteiger partial charge in [-0.2, -0.15) is 0 Å². The van der Waals surface area contributed by atoms with Crippen LogP contribution in [0.3, 0.4) is 0 Å². The van der Waals surface area contributed by atoms with Crippen LogP contribution in [0.4, 0.5) is 0 Å². The number of benzene rings is 1. The van der Waals surface area contributed by atoms with E-state index in [1.807, 2.05) is 26.0 Å². The molecule has 1 aromatic carbocycles. The van der Waals surface area contributed by atoms with Crippen molar-refractivity contribution in [1.82, 2.24) is 0 Å². The molecule has 0 aromatic heterocycles. The van der Waals surface area contributed by atoms with E-state index in [0.29, 0.717) is 28.7 Å². The summed E-state index contributed by atoms with van der Waals surface area (Å²) in [6.07, 6.45) is 0.991. The zero-order valence-corrected chi connectivity index (χ0v) is 13.9. The molecule has 3 unspecified atom stereocenters. The lowest BCUT2D eigenvalue weighted by atomic mass is 9.91. The van der Waals surface area contributed by atoms with Crippen molar-refractivity contribution in [2.75, 3.05) is 20.8 Å². The van der Waals surface area contributed by atoms with E-state index in [2.05, 4.69) is 15.9 Å². The second-order valence-electron chi connectivity index (χ2n) is 4.83. The Balaban J connectivity index is 2.20. The minimum atomic E-state index is 0.0184. The molecule has 1 aliphatic rings. The van der Waals surface area contributed by atoms with Gasteiger partial charge in [-0.1, -0.05) is 15.9 Å². The summed E-state index contributed by atoms with van der Waals surface area (Å²) in [6.45, 7) is 4.66. The molecule has 5 heteroatoms. The van der Waals surface area contributed by atoms with Crippen LogP contribution in [0.2, 0.25) is 0 Å². The maximum absolute atomic E-state index is 6.08. The van der Waals surface area contributed by atoms with Crippen LogP contribution in [0.25, 0.3) is 0 Å². The Hall–Kier alpha value is -0.940. The van der Waals surface area contributed by atoms with E-state index in [4.69, 9.17) is 18.9 Å². The third kappa shape index (κ3) is 3.04. The molecule has 1 saturated carbocycles. The fraction of sp³-hybridized carbons (Fsp3) is 0.600. The number of rotatable bonds is 6. The first kappa shape index (κ1) is 15.4. The SMILES string of the molecule is CCOC1C(Br)CC1Oc1c(OC)cc(C)cc1OC. The second kappa shape index (κ2) is 6.68. The lowest BCUT2D eigenvalue weighted by molar-refractivity contribution is -0.0735. The van der Waals surface area contributed by atoms with Gasteiger partial charge in [-0.25, -0.2) is 0 Å². The van der Waals surface area contributed by atoms with Gasteiger partial charge >= 0.3 is 0 Å². The zero-order chi connectivity index (χ0) is 14.7. The maximum atomic E-state index is 6.08. The van der Waals surface area contributed by atoms with Crippen molar-refractivity contribution in [1.29, 1.82) is 0 Å². The molecule has 0 radical (unpaired) electrons. The van der Waals surface area contributed by atoms with Crippen molar-refractivity contribution in [3.8, 4) is 17.2 Å². The standard InChI is InChI=1S/C15H21BrO4/c1-5-19-14-10(16)8-13(14)20-15-11(17-3)6-9(2)7-12(15)18-4/h6-7,10,13-14H,5,8H2,1-4H3. The summed E-state index contributed by atoms with van der Waals surface area (Å²) in [6, 6.07) is 3.88. The van der Waals surface area contributed by atoms with Crippen molar-refractivity contribution in [3.63, 3.8) is 0 Å². The molecule has 2 rings (SSSR count). The van der Waals surface area contributed by atoms with Crippen LogP contribution in [0.15, 0.2) is 12.1 Å². The summed E-state index contributed by atoms with van der Waals surface area (Å²) in [7, 11) is 3.27. The number of hydrogen-bond acceptors (Lipinski definition) is 4. The van der Waals surface area contributed by atoms with Crippen LogP contribution in [-0.4, -0.2) is 37.9 Å². The predicted octanol–water partition coefficient (Wildman–Crippen LogP) is 3.33. The molecule has 0 saturated heterocycles. The Kier molecular flexibility index (Phi) is 5.16. The van der Waals surface area contributed by atoms with E-state index in [-0.39, 0.29) is 12.2 Å². The number of methoxy groups -OCH3 is 2. The van der Waals surface area contributed by atoms with Gasteiger partial charge in [0.1, 0.15) is 12.2 Å². The quantitative estimate of drug-likeness (QED) is 0.741. The molecule has 0 amide bonds. The van der Waals surface area contributed by atoms with Gasteiger partial charge in [-0.05, 0) is 31.5 Å². The normalized spacial score (nSPS) is 24.9. The second-order valence-corrected chi connectivity index (χ2v) is 6.00. The largest absolute Gasteiger partial charge is 0.493 e. The monoisotopic (exact) mass is 344 g/mol. The summed E-state index contributed by atoms with van der Waals surface area (Å²) in [5, 5.41) is 0. The van der Waals surface area contributed by atoms with Gasteiger partial charge in [-0.15, -0.1) is 0 Å². The fourth-order valence-corrected chi connectivity index (χ4v) is 3.19. The first-order valence-corrected chi connectivity index (χ1v) is 7.67. The summed E-state index contributed by atoms with van der Waals surface area (Å²) >= 11 is 3.60. The Morgan fingerprint density at radius 2 is 1.80 bits per heavy atom. The molecular formula is C15H21BrO4. The Morgan fingerprint density at radius 1 is 1.20 bits per heavy atom. The molecule has 0 N–H and O–H groups in total. The molecule has 1 aliphatic carbocycles. The number of hydrogen-bond donors (Lipinski definition) is 0. The molecule has 112 valence electrons. The highest BCUT2D eigenvalue weighted by Crippen LogP contribution is 2.42. The highest BCUT2D eigenvalue weighted by atomic mass is 79.9. The van der Waals surface area contributed by atoms with Crippen LogP contribution < -0.4 is 14.2 Å². The maximum Gasteiger partial charge on any atom is 0.203 e. The molecule has 0 heterocycles. The minimum absolute atomic E-state index is 0.0184. The van der Waals surface area contributed by atoms with Crippen molar-refractivity contribution in [3.05, 3.63) is 17.7 Å². The van der Waals surface area contributed by atoms with Gasteiger partial charge in [-0.3, -0.25) is 0 Å². The highest BCUT2D eigenvalue weighted by molar-refractivity contribution is 9.09. The first-order chi connectivity index (χ1) is 9.60. The molecule has 20 heavy (non-hydrogen) atoms. The van der Waals surface area contributed by atoms with E-state index in [9.17, 15) is 0 Å². The van der Waals surface area contributed by atoms with E-state index >= 15 is 0 Å². The molecule has 1 fully saturated rings. The molecular weight excluding hydrogens is 324 g/mol. The van der Waals surface area contributed by atoms with Crippen LogP contribution in [0.5, 0.6) is 17.2 Å². The van der Waals surface area contributed by atoms with Crippen molar-refractivity contribution < 1.29 is 18.9 Å². The summed E-state index contributed by atoms with van der Waals surface area (Å²) in [5.74, 6) is 2.03. The molecule has 4 nitrogen and oxygen atoms in total. The molecule has 3 atom stereocenters. The minimum Gasteiger partial charge on any atom is -0.493 e. The Morgan fingerprint density at radius 3 is 2.25 bits per heavy atom. The van der Waals surface area contributed by atoms with Crippen molar-refractivity contribution in [2.45, 2.75) is 37.3 Å². The predicted molar refractivity (Wildman–Crippen MR) is 81.4 cm³/mol. The average Bonchev–Trinajstić information content (AvgIpc) is 2.45. The van der Waals surface area contributed by atoms with Gasteiger partial charge in [0.2, 0.25) is 5.75 Å². The number of aryl methyl sites for hydroxylation is 1. The number of halogens is 1. The van der Waals surface area contributed by atoms with E-state index in [1.165, 1.54) is 0 Å². The zero-order valence-electron chi connectivity index (χ0n) is 12.3. The van der Waals surface area contributed by atoms with Crippen LogP contribution in [0.1, 0.15) is 18.9 Å². The molecule has 0 bridgehead atoms. The van der Waals surface area contributed by atoms with Crippen molar-refractivity contribution in [2.24, 2.45) is 0 Å². The summed E-state index contributed by atoms with van der Waals surface area (Å²) in [5.41, 5.74) is 1.07. The van der Waals surface area contributed by atoms with Gasteiger partial charge < -0.3 is 18.9 Å². The fourth-order valence-electron chi connectivity index (χ4n) is 2.33. The van der Waals surface area contributed by atoms with Gasteiger partial charge in [0.05, 0.1) is 14.2 Å². The summed E-state index contributed by atoms with van der Waals surface area (Å²) < 4.78 is 22.6. The first-order valence-electron chi connectivity index (χ1n) is 6.75. The van der Waals surface area contributed by atoms with Crippen LogP contribution in [0, 0.1) is 6.92 Å². The Labute approximate surface area is 128 Å². The summed E-state index contributed by atoms with van der Waals surface area (Å²) in [4.78, 5) is 0.342. The molecule has 1 aromatic rings. The third-order valence-corrected chi connectivity index (χ3v) is 4.31. The van der Waals surface area contributed by atoms with Gasteiger partial charge in [0, 0.05) is 17.9 Å². The third-order valence-electron chi connectivity index (χ3n) is 3.41. The average molecular weight is 345 g/mol. The van der Waals surface area contributed by atoms with E-state index in [1.54, 1.807) is 14.2 Å². The van der Waals surface area contributed by atoms with Gasteiger partial charge in [0.15, 0.2) is 11.5 Å². The van der Waals surface area contributed by atoms with Crippen LogP contribution >= 0.6 is 15.9 Å². The number of alkyl halides is 1. The number of ether oxygens (including phenoxy) is 4. The van der Waals surface area contributed by atoms with Gasteiger partial charge in [0.25, 0.3) is 0 Å². The Bertz CT molecular complexity index is 438. The van der Waals surface area contributed by atoms with E-state index < -0.39 is 0 Å². The molecule has 0 aliphatic heterocycles. The topological polar surface area (TPSA) is 36.9 Å². The van der Waals surface area contributed by atoms with E-state index in [0.717, 1.165) is 12.0 Å². The van der Waals surface area contributed by atoms with Crippen LogP contribution in [-0.2, 0) is 4.74 Å². The lowest BCUT2D eigenvalue weighted by Crippen LogP contribution is -2.52. The lowest BCUT2D eigenvalue weighted by Gasteiger charge is -2.41. The smallest absolute Gasteiger partial charge is 0.203 e. The van der Waals surface area contributed by atoms with Crippen molar-refractivity contribution >= 4 is 15.9 Å². The highest BCUT2D eigenvalue weighted by Gasteiger charge is 2.43.